The number of hydrogen-bond acceptors (Lipinski definition) is 5. The zero-order valence-electron chi connectivity index (χ0n) is 9.88. The van der Waals surface area contributed by atoms with E-state index in [0.717, 1.165) is 0 Å². The molecule has 0 spiro atoms. The van der Waals surface area contributed by atoms with Gasteiger partial charge < -0.3 is 14.6 Å². The summed E-state index contributed by atoms with van der Waals surface area (Å²) >= 11 is 0. The summed E-state index contributed by atoms with van der Waals surface area (Å²) in [4.78, 5) is 11.6. The summed E-state index contributed by atoms with van der Waals surface area (Å²) in [5, 5.41) is 18.8. The summed E-state index contributed by atoms with van der Waals surface area (Å²) in [6.07, 6.45) is 1.38. The molecular weight excluding hydrogens is 248 g/mol. The largest absolute Gasteiger partial charge is 0.508 e. The molecule has 0 fully saturated rings. The first-order chi connectivity index (χ1) is 9.08. The maximum absolute atomic E-state index is 11.6. The first kappa shape index (κ1) is 12.6. The number of phenols is 2. The molecule has 0 saturated heterocycles. The third-order valence-electron chi connectivity index (χ3n) is 2.38. The average molecular weight is 260 g/mol. The van der Waals surface area contributed by atoms with Crippen LogP contribution in [-0.4, -0.2) is 16.1 Å². The van der Waals surface area contributed by atoms with Gasteiger partial charge >= 0.3 is 5.91 Å². The minimum absolute atomic E-state index is 0.0614. The van der Waals surface area contributed by atoms with Crippen LogP contribution in [0.5, 0.6) is 11.5 Å². The molecule has 6 nitrogen and oxygen atoms in total. The number of carbonyl (C=O) groups excluding carboxylic acids is 1. The van der Waals surface area contributed by atoms with E-state index in [-0.39, 0.29) is 23.0 Å². The summed E-state index contributed by atoms with van der Waals surface area (Å²) < 4.78 is 4.91. The predicted molar refractivity (Wildman–Crippen MR) is 68.1 cm³/mol. The third-order valence-corrected chi connectivity index (χ3v) is 2.38. The molecule has 1 aromatic heterocycles. The molecule has 2 aromatic rings. The van der Waals surface area contributed by atoms with Crippen molar-refractivity contribution < 1.29 is 19.4 Å². The number of hydrogen-bond donors (Lipinski definition) is 4. The molecule has 0 saturated carbocycles. The topological polar surface area (TPSA) is 94.7 Å². The van der Waals surface area contributed by atoms with E-state index in [1.807, 2.05) is 0 Å². The molecule has 98 valence electrons. The van der Waals surface area contributed by atoms with Crippen LogP contribution in [0.25, 0.3) is 5.70 Å². The fraction of sp³-hybridized carbons (Fsp3) is 0. The van der Waals surface area contributed by atoms with Crippen molar-refractivity contribution in [1.29, 1.82) is 0 Å². The Hall–Kier alpha value is -2.89. The molecule has 6 heteroatoms. The molecule has 0 aliphatic rings. The van der Waals surface area contributed by atoms with E-state index in [1.165, 1.54) is 30.5 Å². The summed E-state index contributed by atoms with van der Waals surface area (Å²) in [6, 6.07) is 7.15. The van der Waals surface area contributed by atoms with Crippen LogP contribution in [0.1, 0.15) is 16.1 Å². The Morgan fingerprint density at radius 2 is 2.00 bits per heavy atom. The molecule has 1 heterocycles. The molecule has 19 heavy (non-hydrogen) atoms. The minimum Gasteiger partial charge on any atom is -0.508 e. The quantitative estimate of drug-likeness (QED) is 0.626. The molecule has 4 N–H and O–H groups in total. The highest BCUT2D eigenvalue weighted by Crippen LogP contribution is 2.26. The summed E-state index contributed by atoms with van der Waals surface area (Å²) in [6.45, 7) is 3.67. The van der Waals surface area contributed by atoms with Crippen molar-refractivity contribution in [2.75, 3.05) is 0 Å². The molecule has 0 aliphatic carbocycles. The van der Waals surface area contributed by atoms with Crippen LogP contribution < -0.4 is 10.9 Å². The van der Waals surface area contributed by atoms with Gasteiger partial charge in [0.25, 0.3) is 0 Å². The van der Waals surface area contributed by atoms with E-state index >= 15 is 0 Å². The first-order valence-corrected chi connectivity index (χ1v) is 5.39. The lowest BCUT2D eigenvalue weighted by Crippen LogP contribution is -2.35. The fourth-order valence-electron chi connectivity index (χ4n) is 1.44. The number of carbonyl (C=O) groups is 1. The number of nitrogens with one attached hydrogen (secondary N) is 2. The molecule has 1 aromatic carbocycles. The predicted octanol–water partition coefficient (Wildman–Crippen LogP) is 1.60. The lowest BCUT2D eigenvalue weighted by Gasteiger charge is -2.11. The minimum atomic E-state index is -0.468. The maximum atomic E-state index is 11.6. The standard InChI is InChI=1S/C13H12N2O4/c1-8(10-5-4-9(16)7-11(10)17)14-15-13(18)12-3-2-6-19-12/h2-7,14,16-17H,1H2,(H,15,18). The van der Waals surface area contributed by atoms with E-state index in [9.17, 15) is 15.0 Å². The highest BCUT2D eigenvalue weighted by atomic mass is 16.3. The van der Waals surface area contributed by atoms with Crippen LogP contribution in [0.4, 0.5) is 0 Å². The Bertz CT molecular complexity index is 605. The highest BCUT2D eigenvalue weighted by Gasteiger charge is 2.10. The van der Waals surface area contributed by atoms with Gasteiger partial charge in [0.05, 0.1) is 12.0 Å². The van der Waals surface area contributed by atoms with Gasteiger partial charge in [0.2, 0.25) is 0 Å². The molecule has 0 unspecified atom stereocenters. The van der Waals surface area contributed by atoms with Crippen molar-refractivity contribution in [1.82, 2.24) is 10.9 Å². The Labute approximate surface area is 109 Å². The number of furan rings is 1. The van der Waals surface area contributed by atoms with Gasteiger partial charge in [0.1, 0.15) is 11.5 Å². The average Bonchev–Trinajstić information content (AvgIpc) is 2.89. The number of aromatic hydroxyl groups is 2. The number of rotatable bonds is 4. The van der Waals surface area contributed by atoms with Crippen molar-refractivity contribution in [3.63, 3.8) is 0 Å². The van der Waals surface area contributed by atoms with Crippen molar-refractivity contribution in [2.45, 2.75) is 0 Å². The lowest BCUT2D eigenvalue weighted by molar-refractivity contribution is 0.0914. The van der Waals surface area contributed by atoms with Gasteiger partial charge in [-0.1, -0.05) is 6.58 Å². The third kappa shape index (κ3) is 2.86. The molecule has 0 bridgehead atoms. The van der Waals surface area contributed by atoms with Crippen molar-refractivity contribution in [2.24, 2.45) is 0 Å². The van der Waals surface area contributed by atoms with Gasteiger partial charge in [0.15, 0.2) is 5.76 Å². The van der Waals surface area contributed by atoms with Gasteiger partial charge in [-0.3, -0.25) is 15.6 Å². The Morgan fingerprint density at radius 1 is 1.21 bits per heavy atom. The van der Waals surface area contributed by atoms with E-state index in [1.54, 1.807) is 6.07 Å². The molecule has 1 amide bonds. The van der Waals surface area contributed by atoms with Crippen molar-refractivity contribution in [3.8, 4) is 11.5 Å². The number of amides is 1. The summed E-state index contributed by atoms with van der Waals surface area (Å²) in [7, 11) is 0. The normalized spacial score (nSPS) is 9.89. The van der Waals surface area contributed by atoms with Crippen LogP contribution in [0.2, 0.25) is 0 Å². The smallest absolute Gasteiger partial charge is 0.305 e. The van der Waals surface area contributed by atoms with Crippen LogP contribution >= 0.6 is 0 Å². The molecule has 2 rings (SSSR count). The molecular formula is C13H12N2O4. The molecule has 0 radical (unpaired) electrons. The zero-order chi connectivity index (χ0) is 13.8. The number of hydrazine groups is 1. The van der Waals surface area contributed by atoms with E-state index in [4.69, 9.17) is 4.42 Å². The maximum Gasteiger partial charge on any atom is 0.305 e. The number of phenolic OH excluding ortho intramolecular Hbond substituents is 2. The van der Waals surface area contributed by atoms with Gasteiger partial charge in [-0.2, -0.15) is 0 Å². The van der Waals surface area contributed by atoms with Crippen LogP contribution in [0.15, 0.2) is 47.6 Å². The van der Waals surface area contributed by atoms with Gasteiger partial charge in [-0.05, 0) is 24.3 Å². The highest BCUT2D eigenvalue weighted by molar-refractivity contribution is 5.91. The van der Waals surface area contributed by atoms with Crippen LogP contribution in [0, 0.1) is 0 Å². The van der Waals surface area contributed by atoms with E-state index in [0.29, 0.717) is 5.56 Å². The van der Waals surface area contributed by atoms with Crippen LogP contribution in [0.3, 0.4) is 0 Å². The van der Waals surface area contributed by atoms with Crippen molar-refractivity contribution >= 4 is 11.6 Å². The number of benzene rings is 1. The zero-order valence-corrected chi connectivity index (χ0v) is 9.88. The SMILES string of the molecule is C=C(NNC(=O)c1ccco1)c1ccc(O)cc1O. The second-order valence-corrected chi connectivity index (χ2v) is 3.74. The van der Waals surface area contributed by atoms with E-state index < -0.39 is 5.91 Å². The van der Waals surface area contributed by atoms with Crippen molar-refractivity contribution in [3.05, 3.63) is 54.5 Å². The monoisotopic (exact) mass is 260 g/mol. The van der Waals surface area contributed by atoms with Gasteiger partial charge in [0, 0.05) is 11.6 Å². The summed E-state index contributed by atoms with van der Waals surface area (Å²) in [5.74, 6) is -0.530. The lowest BCUT2D eigenvalue weighted by atomic mass is 10.1. The first-order valence-electron chi connectivity index (χ1n) is 5.39. The fourth-order valence-corrected chi connectivity index (χ4v) is 1.44. The summed E-state index contributed by atoms with van der Waals surface area (Å²) in [5.41, 5.74) is 5.56. The van der Waals surface area contributed by atoms with E-state index in [2.05, 4.69) is 17.4 Å². The van der Waals surface area contributed by atoms with Gasteiger partial charge in [-0.15, -0.1) is 0 Å². The molecule has 0 aliphatic heterocycles. The van der Waals surface area contributed by atoms with Crippen LogP contribution in [-0.2, 0) is 0 Å². The second-order valence-electron chi connectivity index (χ2n) is 3.74. The Balaban J connectivity index is 2.00. The molecule has 0 atom stereocenters. The van der Waals surface area contributed by atoms with Gasteiger partial charge in [-0.25, -0.2) is 0 Å². The second kappa shape index (κ2) is 5.18. The Morgan fingerprint density at radius 3 is 2.63 bits per heavy atom. The Kier molecular flexibility index (Phi) is 3.42.